The van der Waals surface area contributed by atoms with Gasteiger partial charge in [0, 0.05) is 18.1 Å². The molecule has 1 aromatic rings. The van der Waals surface area contributed by atoms with E-state index in [0.29, 0.717) is 13.2 Å². The first-order valence-corrected chi connectivity index (χ1v) is 7.57. The quantitative estimate of drug-likeness (QED) is 0.850. The molecule has 0 spiro atoms. The summed E-state index contributed by atoms with van der Waals surface area (Å²) in [6.45, 7) is 3.19. The molecule has 1 aliphatic rings. The van der Waals surface area contributed by atoms with Crippen LogP contribution < -0.4 is 0 Å². The summed E-state index contributed by atoms with van der Waals surface area (Å²) in [4.78, 5) is 14.0. The SMILES string of the molecule is COCCN1C(=O)[C@H](C)S[C@H]1c1ccc(Br)cc1. The van der Waals surface area contributed by atoms with Gasteiger partial charge < -0.3 is 9.64 Å². The van der Waals surface area contributed by atoms with E-state index in [2.05, 4.69) is 28.1 Å². The Morgan fingerprint density at radius 3 is 2.67 bits per heavy atom. The largest absolute Gasteiger partial charge is 0.383 e. The Labute approximate surface area is 120 Å². The average molecular weight is 330 g/mol. The Bertz CT molecular complexity index is 424. The van der Waals surface area contributed by atoms with Gasteiger partial charge in [-0.3, -0.25) is 4.79 Å². The van der Waals surface area contributed by atoms with Crippen LogP contribution in [-0.2, 0) is 9.53 Å². The molecule has 5 heteroatoms. The summed E-state index contributed by atoms with van der Waals surface area (Å²) in [5, 5.41) is 0.131. The lowest BCUT2D eigenvalue weighted by atomic mass is 10.2. The standard InChI is InChI=1S/C13H16BrNO2S/c1-9-12(16)15(7-8-17-2)13(18-9)10-3-5-11(14)6-4-10/h3-6,9,13H,7-8H2,1-2H3/t9-,13-/m0/s1. The van der Waals surface area contributed by atoms with Gasteiger partial charge in [0.15, 0.2) is 0 Å². The van der Waals surface area contributed by atoms with Crippen LogP contribution in [0.25, 0.3) is 0 Å². The molecule has 0 saturated carbocycles. The summed E-state index contributed by atoms with van der Waals surface area (Å²) in [5.41, 5.74) is 1.16. The number of nitrogens with zero attached hydrogens (tertiary/aromatic N) is 1. The van der Waals surface area contributed by atoms with Crippen LogP contribution in [0.1, 0.15) is 17.9 Å². The monoisotopic (exact) mass is 329 g/mol. The molecule has 0 bridgehead atoms. The molecule has 1 aromatic carbocycles. The zero-order chi connectivity index (χ0) is 13.1. The average Bonchev–Trinajstić information content (AvgIpc) is 2.64. The highest BCUT2D eigenvalue weighted by atomic mass is 79.9. The van der Waals surface area contributed by atoms with Gasteiger partial charge in [0.1, 0.15) is 5.37 Å². The molecule has 3 nitrogen and oxygen atoms in total. The maximum Gasteiger partial charge on any atom is 0.236 e. The minimum atomic E-state index is 0.0236. The minimum Gasteiger partial charge on any atom is -0.383 e. The van der Waals surface area contributed by atoms with Crippen LogP contribution >= 0.6 is 27.7 Å². The Morgan fingerprint density at radius 2 is 2.06 bits per heavy atom. The molecule has 0 unspecified atom stereocenters. The molecule has 1 amide bonds. The molecule has 0 aliphatic carbocycles. The van der Waals surface area contributed by atoms with Crippen LogP contribution in [0.3, 0.4) is 0 Å². The van der Waals surface area contributed by atoms with E-state index in [-0.39, 0.29) is 16.5 Å². The molecule has 2 rings (SSSR count). The van der Waals surface area contributed by atoms with Crippen LogP contribution in [-0.4, -0.2) is 36.3 Å². The molecule has 0 radical (unpaired) electrons. The van der Waals surface area contributed by atoms with E-state index in [1.807, 2.05) is 24.0 Å². The van der Waals surface area contributed by atoms with E-state index < -0.39 is 0 Å². The summed E-state index contributed by atoms with van der Waals surface area (Å²) in [6.07, 6.45) is 0. The van der Waals surface area contributed by atoms with E-state index in [1.54, 1.807) is 18.9 Å². The van der Waals surface area contributed by atoms with Crippen molar-refractivity contribution >= 4 is 33.6 Å². The van der Waals surface area contributed by atoms with Crippen LogP contribution in [0, 0.1) is 0 Å². The number of carbonyl (C=O) groups is 1. The van der Waals surface area contributed by atoms with Gasteiger partial charge in [0.05, 0.1) is 11.9 Å². The van der Waals surface area contributed by atoms with E-state index in [4.69, 9.17) is 4.74 Å². The van der Waals surface area contributed by atoms with E-state index >= 15 is 0 Å². The first-order valence-electron chi connectivity index (χ1n) is 5.84. The number of rotatable bonds is 4. The fraction of sp³-hybridized carbons (Fsp3) is 0.462. The summed E-state index contributed by atoms with van der Waals surface area (Å²) >= 11 is 5.12. The lowest BCUT2D eigenvalue weighted by Gasteiger charge is -2.23. The fourth-order valence-corrected chi connectivity index (χ4v) is 3.55. The van der Waals surface area contributed by atoms with Gasteiger partial charge in [-0.05, 0) is 24.6 Å². The van der Waals surface area contributed by atoms with Crippen molar-refractivity contribution in [1.29, 1.82) is 0 Å². The van der Waals surface area contributed by atoms with E-state index in [9.17, 15) is 4.79 Å². The first-order chi connectivity index (χ1) is 8.63. The third kappa shape index (κ3) is 2.90. The van der Waals surface area contributed by atoms with Crippen LogP contribution in [0.2, 0.25) is 0 Å². The highest BCUT2D eigenvalue weighted by molar-refractivity contribution is 9.10. The highest BCUT2D eigenvalue weighted by Crippen LogP contribution is 2.42. The third-order valence-corrected chi connectivity index (χ3v) is 4.86. The van der Waals surface area contributed by atoms with Crippen molar-refractivity contribution in [2.45, 2.75) is 17.5 Å². The van der Waals surface area contributed by atoms with Gasteiger partial charge >= 0.3 is 0 Å². The summed E-state index contributed by atoms with van der Waals surface area (Å²) in [5.74, 6) is 0.199. The van der Waals surface area contributed by atoms with Gasteiger partial charge in [0.25, 0.3) is 0 Å². The second-order valence-corrected chi connectivity index (χ2v) is 6.55. The Morgan fingerprint density at radius 1 is 1.39 bits per heavy atom. The van der Waals surface area contributed by atoms with E-state index in [1.165, 1.54) is 0 Å². The second kappa shape index (κ2) is 6.08. The number of methoxy groups -OCH3 is 1. The molecular formula is C13H16BrNO2S. The van der Waals surface area contributed by atoms with E-state index in [0.717, 1.165) is 10.0 Å². The van der Waals surface area contributed by atoms with Crippen molar-refractivity contribution in [1.82, 2.24) is 4.90 Å². The zero-order valence-electron chi connectivity index (χ0n) is 10.4. The molecular weight excluding hydrogens is 314 g/mol. The van der Waals surface area contributed by atoms with Crippen LogP contribution in [0.5, 0.6) is 0 Å². The minimum absolute atomic E-state index is 0.0236. The number of carbonyl (C=O) groups excluding carboxylic acids is 1. The number of hydrogen-bond acceptors (Lipinski definition) is 3. The molecule has 0 aromatic heterocycles. The highest BCUT2D eigenvalue weighted by Gasteiger charge is 2.37. The van der Waals surface area contributed by atoms with Crippen LogP contribution in [0.15, 0.2) is 28.7 Å². The number of hydrogen-bond donors (Lipinski definition) is 0. The van der Waals surface area contributed by atoms with Crippen molar-refractivity contribution in [3.63, 3.8) is 0 Å². The van der Waals surface area contributed by atoms with Crippen molar-refractivity contribution in [2.24, 2.45) is 0 Å². The van der Waals surface area contributed by atoms with Gasteiger partial charge in [0.2, 0.25) is 5.91 Å². The molecule has 98 valence electrons. The molecule has 1 aliphatic heterocycles. The molecule has 0 N–H and O–H groups in total. The molecule has 1 saturated heterocycles. The fourth-order valence-electron chi connectivity index (χ4n) is 1.98. The molecule has 2 atom stereocenters. The Balaban J connectivity index is 2.19. The number of thioether (sulfide) groups is 1. The summed E-state index contributed by atoms with van der Waals surface area (Å²) in [6, 6.07) is 8.15. The topological polar surface area (TPSA) is 29.5 Å². The van der Waals surface area contributed by atoms with Gasteiger partial charge in [-0.2, -0.15) is 0 Å². The normalized spacial score (nSPS) is 23.7. The number of benzene rings is 1. The van der Waals surface area contributed by atoms with Crippen molar-refractivity contribution in [3.05, 3.63) is 34.3 Å². The van der Waals surface area contributed by atoms with Gasteiger partial charge in [-0.1, -0.05) is 28.1 Å². The maximum atomic E-state index is 12.1. The number of halogens is 1. The predicted octanol–water partition coefficient (Wildman–Crippen LogP) is 3.06. The molecule has 1 fully saturated rings. The van der Waals surface area contributed by atoms with Crippen molar-refractivity contribution in [2.75, 3.05) is 20.3 Å². The Kier molecular flexibility index (Phi) is 4.70. The third-order valence-electron chi connectivity index (χ3n) is 2.94. The number of ether oxygens (including phenoxy) is 1. The smallest absolute Gasteiger partial charge is 0.236 e. The maximum absolute atomic E-state index is 12.1. The van der Waals surface area contributed by atoms with Gasteiger partial charge in [-0.15, -0.1) is 11.8 Å². The molecule has 1 heterocycles. The predicted molar refractivity (Wildman–Crippen MR) is 77.5 cm³/mol. The lowest BCUT2D eigenvalue weighted by molar-refractivity contribution is -0.130. The van der Waals surface area contributed by atoms with Crippen molar-refractivity contribution < 1.29 is 9.53 Å². The van der Waals surface area contributed by atoms with Crippen LogP contribution in [0.4, 0.5) is 0 Å². The Hall–Kier alpha value is -0.520. The van der Waals surface area contributed by atoms with Crippen molar-refractivity contribution in [3.8, 4) is 0 Å². The summed E-state index contributed by atoms with van der Waals surface area (Å²) < 4.78 is 6.13. The lowest BCUT2D eigenvalue weighted by Crippen LogP contribution is -2.33. The number of amides is 1. The zero-order valence-corrected chi connectivity index (χ0v) is 12.8. The van der Waals surface area contributed by atoms with Gasteiger partial charge in [-0.25, -0.2) is 0 Å². The second-order valence-electron chi connectivity index (χ2n) is 4.21. The first kappa shape index (κ1) is 13.9. The molecule has 18 heavy (non-hydrogen) atoms. The summed E-state index contributed by atoms with van der Waals surface area (Å²) in [7, 11) is 1.66.